The summed E-state index contributed by atoms with van der Waals surface area (Å²) in [5.41, 5.74) is 3.33. The quantitative estimate of drug-likeness (QED) is 0.419. The zero-order valence-electron chi connectivity index (χ0n) is 16.0. The molecule has 0 radical (unpaired) electrons. The predicted molar refractivity (Wildman–Crippen MR) is 110 cm³/mol. The first-order valence-electron chi connectivity index (χ1n) is 9.84. The van der Waals surface area contributed by atoms with Crippen LogP contribution in [0.25, 0.3) is 22.8 Å². The molecule has 140 valence electrons. The van der Waals surface area contributed by atoms with Gasteiger partial charge in [-0.05, 0) is 36.8 Å². The zero-order valence-corrected chi connectivity index (χ0v) is 16.0. The van der Waals surface area contributed by atoms with Crippen LogP contribution >= 0.6 is 0 Å². The van der Waals surface area contributed by atoms with Crippen LogP contribution in [0.2, 0.25) is 0 Å². The molecule has 0 bridgehead atoms. The number of hydrogen-bond donors (Lipinski definition) is 0. The Bertz CT molecular complexity index is 821. The van der Waals surface area contributed by atoms with Crippen LogP contribution in [0, 0.1) is 0 Å². The Morgan fingerprint density at radius 3 is 2.26 bits per heavy atom. The molecular formula is C23H27N3O. The van der Waals surface area contributed by atoms with E-state index in [2.05, 4.69) is 16.9 Å². The molecule has 0 aliphatic carbocycles. The minimum Gasteiger partial charge on any atom is -0.493 e. The van der Waals surface area contributed by atoms with E-state index in [4.69, 9.17) is 9.72 Å². The van der Waals surface area contributed by atoms with Gasteiger partial charge in [0.1, 0.15) is 5.75 Å². The van der Waals surface area contributed by atoms with E-state index in [9.17, 15) is 0 Å². The van der Waals surface area contributed by atoms with Crippen LogP contribution < -0.4 is 4.74 Å². The van der Waals surface area contributed by atoms with E-state index >= 15 is 0 Å². The fraction of sp³-hybridized carbons (Fsp3) is 0.348. The van der Waals surface area contributed by atoms with Crippen molar-refractivity contribution < 1.29 is 4.74 Å². The van der Waals surface area contributed by atoms with Crippen molar-refractivity contribution in [3.8, 4) is 28.5 Å². The smallest absolute Gasteiger partial charge is 0.123 e. The van der Waals surface area contributed by atoms with Gasteiger partial charge in [0.25, 0.3) is 0 Å². The lowest BCUT2D eigenvalue weighted by molar-refractivity contribution is 0.304. The predicted octanol–water partition coefficient (Wildman–Crippen LogP) is 5.94. The summed E-state index contributed by atoms with van der Waals surface area (Å²) in [6, 6.07) is 15.6. The average Bonchev–Trinajstić information content (AvgIpc) is 2.74. The minimum absolute atomic E-state index is 0.747. The van der Waals surface area contributed by atoms with E-state index in [-0.39, 0.29) is 0 Å². The Hall–Kier alpha value is -2.75. The van der Waals surface area contributed by atoms with Gasteiger partial charge in [-0.25, -0.2) is 4.98 Å². The van der Waals surface area contributed by atoms with Gasteiger partial charge in [-0.1, -0.05) is 51.2 Å². The van der Waals surface area contributed by atoms with Crippen LogP contribution in [-0.4, -0.2) is 21.6 Å². The highest BCUT2D eigenvalue weighted by atomic mass is 16.5. The van der Waals surface area contributed by atoms with Gasteiger partial charge in [0.2, 0.25) is 0 Å². The molecule has 0 fully saturated rings. The third kappa shape index (κ3) is 5.88. The van der Waals surface area contributed by atoms with Crippen molar-refractivity contribution in [3.05, 3.63) is 60.9 Å². The molecule has 0 N–H and O–H groups in total. The van der Waals surface area contributed by atoms with E-state index in [0.717, 1.165) is 41.6 Å². The van der Waals surface area contributed by atoms with Gasteiger partial charge in [0.15, 0.2) is 0 Å². The summed E-state index contributed by atoms with van der Waals surface area (Å²) in [5.74, 6) is 0.846. The highest BCUT2D eigenvalue weighted by Gasteiger charge is 2.06. The Morgan fingerprint density at radius 1 is 0.704 bits per heavy atom. The second kappa shape index (κ2) is 10.4. The maximum atomic E-state index is 5.91. The molecule has 0 aliphatic heterocycles. The van der Waals surface area contributed by atoms with Crippen LogP contribution in [0.15, 0.2) is 60.9 Å². The molecule has 0 atom stereocenters. The molecule has 3 aromatic heterocycles. The van der Waals surface area contributed by atoms with E-state index < -0.39 is 0 Å². The van der Waals surface area contributed by atoms with Crippen LogP contribution in [0.1, 0.15) is 45.4 Å². The number of hydrogen-bond acceptors (Lipinski definition) is 4. The molecule has 0 unspecified atom stereocenters. The fourth-order valence-corrected chi connectivity index (χ4v) is 2.95. The molecule has 0 aromatic carbocycles. The molecule has 0 amide bonds. The van der Waals surface area contributed by atoms with E-state index in [1.54, 1.807) is 12.4 Å². The first-order chi connectivity index (χ1) is 13.4. The second-order valence-electron chi connectivity index (χ2n) is 6.62. The van der Waals surface area contributed by atoms with Crippen LogP contribution in [-0.2, 0) is 0 Å². The molecule has 3 rings (SSSR count). The lowest BCUT2D eigenvalue weighted by Crippen LogP contribution is -1.98. The van der Waals surface area contributed by atoms with Crippen LogP contribution in [0.5, 0.6) is 5.75 Å². The van der Waals surface area contributed by atoms with Crippen molar-refractivity contribution in [3.63, 3.8) is 0 Å². The number of nitrogens with zero attached hydrogens (tertiary/aromatic N) is 3. The van der Waals surface area contributed by atoms with Crippen molar-refractivity contribution in [2.45, 2.75) is 45.4 Å². The summed E-state index contributed by atoms with van der Waals surface area (Å²) in [4.78, 5) is 13.5. The highest BCUT2D eigenvalue weighted by Crippen LogP contribution is 2.23. The van der Waals surface area contributed by atoms with Gasteiger partial charge in [-0.2, -0.15) is 0 Å². The monoisotopic (exact) mass is 361 g/mol. The van der Waals surface area contributed by atoms with Crippen molar-refractivity contribution in [2.75, 3.05) is 6.61 Å². The normalized spacial score (nSPS) is 10.7. The van der Waals surface area contributed by atoms with Gasteiger partial charge in [-0.15, -0.1) is 0 Å². The maximum Gasteiger partial charge on any atom is 0.123 e. The van der Waals surface area contributed by atoms with Crippen molar-refractivity contribution in [1.29, 1.82) is 0 Å². The average molecular weight is 361 g/mol. The molecule has 0 aliphatic rings. The van der Waals surface area contributed by atoms with Crippen LogP contribution in [0.3, 0.4) is 0 Å². The molecule has 4 nitrogen and oxygen atoms in total. The minimum atomic E-state index is 0.747. The van der Waals surface area contributed by atoms with E-state index in [1.807, 2.05) is 48.5 Å². The molecular weight excluding hydrogens is 334 g/mol. The van der Waals surface area contributed by atoms with Crippen molar-refractivity contribution in [2.24, 2.45) is 0 Å². The Labute approximate surface area is 161 Å². The summed E-state index contributed by atoms with van der Waals surface area (Å²) in [6.45, 7) is 2.99. The zero-order chi connectivity index (χ0) is 18.7. The Balaban J connectivity index is 1.60. The Morgan fingerprint density at radius 2 is 1.44 bits per heavy atom. The fourth-order valence-electron chi connectivity index (χ4n) is 2.95. The van der Waals surface area contributed by atoms with Crippen LogP contribution in [0.4, 0.5) is 0 Å². The summed E-state index contributed by atoms with van der Waals surface area (Å²) in [6.07, 6.45) is 11.1. The molecule has 0 saturated carbocycles. The van der Waals surface area contributed by atoms with Gasteiger partial charge in [-0.3, -0.25) is 9.97 Å². The standard InChI is InChI=1S/C23H27N3O/c1-2-3-4-5-6-9-17-27-19-14-16-25-23(18-19)22-13-10-12-21(26-22)20-11-7-8-15-24-20/h7-8,10-16,18H,2-6,9,17H2,1H3. The topological polar surface area (TPSA) is 47.9 Å². The molecule has 3 heterocycles. The summed E-state index contributed by atoms with van der Waals surface area (Å²) < 4.78 is 5.91. The summed E-state index contributed by atoms with van der Waals surface area (Å²) in [5, 5.41) is 0. The van der Waals surface area contributed by atoms with Gasteiger partial charge < -0.3 is 4.74 Å². The highest BCUT2D eigenvalue weighted by molar-refractivity contribution is 5.62. The first kappa shape index (κ1) is 19.0. The van der Waals surface area contributed by atoms with Gasteiger partial charge in [0.05, 0.1) is 29.4 Å². The molecule has 0 saturated heterocycles. The number of pyridine rings is 3. The molecule has 4 heteroatoms. The third-order valence-corrected chi connectivity index (χ3v) is 4.44. The Kier molecular flexibility index (Phi) is 7.34. The molecule has 3 aromatic rings. The largest absolute Gasteiger partial charge is 0.493 e. The van der Waals surface area contributed by atoms with Crippen molar-refractivity contribution >= 4 is 0 Å². The number of rotatable bonds is 10. The lowest BCUT2D eigenvalue weighted by Gasteiger charge is -2.08. The molecule has 27 heavy (non-hydrogen) atoms. The maximum absolute atomic E-state index is 5.91. The summed E-state index contributed by atoms with van der Waals surface area (Å²) in [7, 11) is 0. The number of ether oxygens (including phenoxy) is 1. The van der Waals surface area contributed by atoms with Gasteiger partial charge >= 0.3 is 0 Å². The van der Waals surface area contributed by atoms with E-state index in [0.29, 0.717) is 0 Å². The number of aromatic nitrogens is 3. The first-order valence-corrected chi connectivity index (χ1v) is 9.84. The number of unbranched alkanes of at least 4 members (excludes halogenated alkanes) is 5. The SMILES string of the molecule is CCCCCCCCOc1ccnc(-c2cccc(-c3ccccn3)n2)c1. The third-order valence-electron chi connectivity index (χ3n) is 4.44. The summed E-state index contributed by atoms with van der Waals surface area (Å²) >= 11 is 0. The van der Waals surface area contributed by atoms with Gasteiger partial charge in [0, 0.05) is 18.5 Å². The van der Waals surface area contributed by atoms with Crippen molar-refractivity contribution in [1.82, 2.24) is 15.0 Å². The lowest BCUT2D eigenvalue weighted by atomic mass is 10.1. The van der Waals surface area contributed by atoms with E-state index in [1.165, 1.54) is 32.1 Å². The second-order valence-corrected chi connectivity index (χ2v) is 6.62. The molecule has 0 spiro atoms.